The number of carbonyl (C=O) groups is 2. The summed E-state index contributed by atoms with van der Waals surface area (Å²) >= 11 is 0. The number of cyclic esters (lactones) is 1. The number of hydrogen-bond acceptors (Lipinski definition) is 4. The lowest BCUT2D eigenvalue weighted by Crippen LogP contribution is -2.39. The summed E-state index contributed by atoms with van der Waals surface area (Å²) in [4.78, 5) is 26.2. The van der Waals surface area contributed by atoms with Gasteiger partial charge in [-0.15, -0.1) is 0 Å². The normalized spacial score (nSPS) is 14.6. The molecule has 1 fully saturated rings. The molecule has 0 bridgehead atoms. The molecule has 0 N–H and O–H groups in total. The number of ether oxygens (including phenoxy) is 1. The molecule has 0 aromatic carbocycles. The van der Waals surface area contributed by atoms with Crippen molar-refractivity contribution in [3.8, 4) is 0 Å². The van der Waals surface area contributed by atoms with Gasteiger partial charge in [-0.1, -0.05) is 0 Å². The van der Waals surface area contributed by atoms with E-state index in [1.54, 1.807) is 22.8 Å². The number of carbonyl (C=O) groups excluding carboxylic acids is 2. The highest BCUT2D eigenvalue weighted by molar-refractivity contribution is 5.82. The van der Waals surface area contributed by atoms with Gasteiger partial charge >= 0.3 is 6.09 Å². The van der Waals surface area contributed by atoms with Crippen molar-refractivity contribution in [3.63, 3.8) is 0 Å². The van der Waals surface area contributed by atoms with Crippen molar-refractivity contribution < 1.29 is 14.3 Å². The molecule has 104 valence electrons. The number of aryl methyl sites for hydroxylation is 1. The van der Waals surface area contributed by atoms with Gasteiger partial charge in [0.2, 0.25) is 5.91 Å². The molecule has 0 saturated carbocycles. The van der Waals surface area contributed by atoms with Gasteiger partial charge in [0.05, 0.1) is 12.7 Å². The van der Waals surface area contributed by atoms with Crippen LogP contribution in [0.15, 0.2) is 12.4 Å². The zero-order valence-electron chi connectivity index (χ0n) is 11.2. The van der Waals surface area contributed by atoms with E-state index in [-0.39, 0.29) is 12.5 Å². The van der Waals surface area contributed by atoms with Gasteiger partial charge in [-0.2, -0.15) is 5.10 Å². The third-order valence-electron chi connectivity index (χ3n) is 3.09. The van der Waals surface area contributed by atoms with Crippen LogP contribution in [-0.4, -0.2) is 64.9 Å². The Morgan fingerprint density at radius 2 is 2.37 bits per heavy atom. The number of aromatic nitrogens is 2. The molecule has 7 nitrogen and oxygen atoms in total. The largest absolute Gasteiger partial charge is 0.448 e. The minimum Gasteiger partial charge on any atom is -0.448 e. The van der Waals surface area contributed by atoms with Gasteiger partial charge in [0.15, 0.2) is 0 Å². The average molecular weight is 266 g/mol. The van der Waals surface area contributed by atoms with Crippen molar-refractivity contribution >= 4 is 12.0 Å². The van der Waals surface area contributed by atoms with E-state index in [0.717, 1.165) is 12.0 Å². The summed E-state index contributed by atoms with van der Waals surface area (Å²) < 4.78 is 6.52. The van der Waals surface area contributed by atoms with Crippen molar-refractivity contribution in [1.82, 2.24) is 19.6 Å². The predicted octanol–water partition coefficient (Wildman–Crippen LogP) is -0.127. The van der Waals surface area contributed by atoms with Crippen LogP contribution in [0.5, 0.6) is 0 Å². The van der Waals surface area contributed by atoms with Gasteiger partial charge < -0.3 is 9.64 Å². The van der Waals surface area contributed by atoms with Gasteiger partial charge in [0.1, 0.15) is 13.2 Å². The molecule has 0 radical (unpaired) electrons. The van der Waals surface area contributed by atoms with E-state index < -0.39 is 6.09 Å². The van der Waals surface area contributed by atoms with Crippen molar-refractivity contribution in [3.05, 3.63) is 18.0 Å². The minimum absolute atomic E-state index is 0.0808. The summed E-state index contributed by atoms with van der Waals surface area (Å²) in [5.74, 6) is -0.0808. The topological polar surface area (TPSA) is 67.7 Å². The Hall–Kier alpha value is -2.05. The predicted molar refractivity (Wildman–Crippen MR) is 67.5 cm³/mol. The van der Waals surface area contributed by atoms with Crippen LogP contribution in [0.3, 0.4) is 0 Å². The van der Waals surface area contributed by atoms with Gasteiger partial charge in [0.25, 0.3) is 0 Å². The van der Waals surface area contributed by atoms with Crippen molar-refractivity contribution in [2.24, 2.45) is 7.05 Å². The first-order valence-corrected chi connectivity index (χ1v) is 6.19. The lowest BCUT2D eigenvalue weighted by Gasteiger charge is -2.19. The van der Waals surface area contributed by atoms with E-state index in [0.29, 0.717) is 19.7 Å². The number of hydrogen-bond donors (Lipinski definition) is 0. The standard InChI is InChI=1S/C12H18N4O3/c1-14(4-3-10-7-13-15(2)8-10)11(17)9-16-5-6-19-12(16)18/h7-8H,3-6,9H2,1-2H3. The molecule has 0 aliphatic carbocycles. The first-order chi connectivity index (χ1) is 9.06. The zero-order valence-corrected chi connectivity index (χ0v) is 11.2. The third-order valence-corrected chi connectivity index (χ3v) is 3.09. The van der Waals surface area contributed by atoms with E-state index in [2.05, 4.69) is 5.10 Å². The molecule has 2 rings (SSSR count). The van der Waals surface area contributed by atoms with Crippen molar-refractivity contribution in [1.29, 1.82) is 0 Å². The molecular formula is C12H18N4O3. The second-order valence-electron chi connectivity index (χ2n) is 4.62. The van der Waals surface area contributed by atoms with Crippen LogP contribution < -0.4 is 0 Å². The van der Waals surface area contributed by atoms with Crippen LogP contribution in [0.1, 0.15) is 5.56 Å². The number of amides is 2. The fourth-order valence-corrected chi connectivity index (χ4v) is 1.88. The maximum absolute atomic E-state index is 11.9. The molecule has 19 heavy (non-hydrogen) atoms. The molecule has 0 atom stereocenters. The van der Waals surface area contributed by atoms with E-state index in [1.807, 2.05) is 13.2 Å². The molecule has 1 aromatic heterocycles. The summed E-state index contributed by atoms with van der Waals surface area (Å²) in [6, 6.07) is 0. The molecule has 1 aliphatic heterocycles. The quantitative estimate of drug-likeness (QED) is 0.744. The van der Waals surface area contributed by atoms with Crippen molar-refractivity contribution in [2.75, 3.05) is 33.3 Å². The fourth-order valence-electron chi connectivity index (χ4n) is 1.88. The van der Waals surface area contributed by atoms with Crippen LogP contribution in [0, 0.1) is 0 Å². The maximum atomic E-state index is 11.9. The maximum Gasteiger partial charge on any atom is 0.410 e. The lowest BCUT2D eigenvalue weighted by molar-refractivity contribution is -0.130. The highest BCUT2D eigenvalue weighted by Gasteiger charge is 2.25. The second-order valence-corrected chi connectivity index (χ2v) is 4.62. The van der Waals surface area contributed by atoms with Gasteiger partial charge in [-0.05, 0) is 12.0 Å². The molecule has 2 amide bonds. The minimum atomic E-state index is -0.408. The Morgan fingerprint density at radius 1 is 1.58 bits per heavy atom. The van der Waals surface area contributed by atoms with Crippen LogP contribution >= 0.6 is 0 Å². The Morgan fingerprint density at radius 3 is 2.95 bits per heavy atom. The smallest absolute Gasteiger partial charge is 0.410 e. The van der Waals surface area contributed by atoms with Gasteiger partial charge in [-0.3, -0.25) is 14.4 Å². The molecular weight excluding hydrogens is 248 g/mol. The monoisotopic (exact) mass is 266 g/mol. The third kappa shape index (κ3) is 3.46. The summed E-state index contributed by atoms with van der Waals surface area (Å²) in [5, 5.41) is 4.08. The summed E-state index contributed by atoms with van der Waals surface area (Å²) in [6.07, 6.45) is 4.06. The summed E-state index contributed by atoms with van der Waals surface area (Å²) in [5.41, 5.74) is 1.09. The highest BCUT2D eigenvalue weighted by atomic mass is 16.6. The zero-order chi connectivity index (χ0) is 13.8. The molecule has 1 saturated heterocycles. The summed E-state index contributed by atoms with van der Waals surface area (Å²) in [6.45, 7) is 1.54. The Balaban J connectivity index is 1.77. The van der Waals surface area contributed by atoms with Crippen LogP contribution in [0.4, 0.5) is 4.79 Å². The number of nitrogens with zero attached hydrogens (tertiary/aromatic N) is 4. The average Bonchev–Trinajstić information content (AvgIpc) is 2.96. The van der Waals surface area contributed by atoms with Crippen LogP contribution in [-0.2, 0) is 23.0 Å². The van der Waals surface area contributed by atoms with E-state index in [1.165, 1.54) is 4.90 Å². The van der Waals surface area contributed by atoms with Crippen LogP contribution in [0.25, 0.3) is 0 Å². The SMILES string of the molecule is CN(CCc1cnn(C)c1)C(=O)CN1CCOC1=O. The highest BCUT2D eigenvalue weighted by Crippen LogP contribution is 2.04. The molecule has 0 unspecified atom stereocenters. The number of rotatable bonds is 5. The first kappa shape index (κ1) is 13.4. The van der Waals surface area contributed by atoms with E-state index in [9.17, 15) is 9.59 Å². The molecule has 1 aliphatic rings. The lowest BCUT2D eigenvalue weighted by atomic mass is 10.2. The van der Waals surface area contributed by atoms with Gasteiger partial charge in [0, 0.05) is 26.8 Å². The van der Waals surface area contributed by atoms with Crippen molar-refractivity contribution in [2.45, 2.75) is 6.42 Å². The first-order valence-electron chi connectivity index (χ1n) is 6.19. The Labute approximate surface area is 111 Å². The molecule has 1 aromatic rings. The molecule has 0 spiro atoms. The van der Waals surface area contributed by atoms with Gasteiger partial charge in [-0.25, -0.2) is 4.79 Å². The fraction of sp³-hybridized carbons (Fsp3) is 0.583. The number of likely N-dealkylation sites (N-methyl/N-ethyl adjacent to an activating group) is 1. The molecule has 2 heterocycles. The van der Waals surface area contributed by atoms with E-state index in [4.69, 9.17) is 4.74 Å². The summed E-state index contributed by atoms with van der Waals surface area (Å²) in [7, 11) is 3.59. The Bertz CT molecular complexity index is 471. The Kier molecular flexibility index (Phi) is 4.03. The van der Waals surface area contributed by atoms with E-state index >= 15 is 0 Å². The molecule has 7 heteroatoms. The second kappa shape index (κ2) is 5.73. The van der Waals surface area contributed by atoms with Crippen LogP contribution in [0.2, 0.25) is 0 Å².